The summed E-state index contributed by atoms with van der Waals surface area (Å²) < 4.78 is 26.6. The topological polar surface area (TPSA) is 91.7 Å². The van der Waals surface area contributed by atoms with Gasteiger partial charge in [0.2, 0.25) is 0 Å². The molecule has 4 aromatic rings. The van der Waals surface area contributed by atoms with Crippen LogP contribution in [0.4, 0.5) is 11.4 Å². The van der Waals surface area contributed by atoms with Gasteiger partial charge in [-0.3, -0.25) is 4.79 Å². The molecule has 2 aliphatic rings. The summed E-state index contributed by atoms with van der Waals surface area (Å²) in [6.07, 6.45) is 11.5. The van der Waals surface area contributed by atoms with E-state index in [2.05, 4.69) is 64.0 Å². The molecule has 0 radical (unpaired) electrons. The average Bonchev–Trinajstić information content (AvgIpc) is 3.71. The van der Waals surface area contributed by atoms with Gasteiger partial charge in [0.05, 0.1) is 24.8 Å². The van der Waals surface area contributed by atoms with Crippen LogP contribution in [0.25, 0.3) is 17.2 Å². The summed E-state index contributed by atoms with van der Waals surface area (Å²) in [5, 5.41) is 3.10. The molecule has 2 aliphatic heterocycles. The van der Waals surface area contributed by atoms with Gasteiger partial charge in [-0.1, -0.05) is 32.4 Å². The van der Waals surface area contributed by atoms with Crippen LogP contribution in [0, 0.1) is 0 Å². The molecular weight excluding hydrogens is 621 g/mol. The van der Waals surface area contributed by atoms with E-state index in [4.69, 9.17) is 9.47 Å². The van der Waals surface area contributed by atoms with Gasteiger partial charge in [0.15, 0.2) is 10.6 Å². The van der Waals surface area contributed by atoms with E-state index in [9.17, 15) is 9.35 Å². The van der Waals surface area contributed by atoms with Gasteiger partial charge in [0, 0.05) is 43.2 Å². The molecule has 1 unspecified atom stereocenters. The molecule has 3 aromatic carbocycles. The van der Waals surface area contributed by atoms with Crippen LogP contribution in [0.1, 0.15) is 62.8 Å². The highest BCUT2D eigenvalue weighted by molar-refractivity contribution is 7.90. The van der Waals surface area contributed by atoms with E-state index in [1.807, 2.05) is 36.4 Å². The number of anilines is 2. The number of unbranched alkanes of at least 4 members (excludes halogenated alkanes) is 1. The lowest BCUT2D eigenvalue weighted by Crippen LogP contribution is -2.24. The lowest BCUT2D eigenvalue weighted by atomic mass is 9.94. The first-order chi connectivity index (χ1) is 23.5. The number of benzene rings is 3. The van der Waals surface area contributed by atoms with Crippen LogP contribution in [-0.2, 0) is 39.4 Å². The molecule has 0 bridgehead atoms. The summed E-state index contributed by atoms with van der Waals surface area (Å²) >= 11 is -1.21. The molecule has 0 fully saturated rings. The van der Waals surface area contributed by atoms with Crippen LogP contribution in [0.2, 0.25) is 0 Å². The Balaban J connectivity index is 1.14. The maximum absolute atomic E-state index is 13.6. The zero-order valence-corrected chi connectivity index (χ0v) is 28.9. The number of nitrogens with one attached hydrogen (secondary N) is 1. The number of ether oxygens (including phenoxy) is 2. The van der Waals surface area contributed by atoms with Crippen LogP contribution >= 0.6 is 0 Å². The van der Waals surface area contributed by atoms with E-state index >= 15 is 0 Å². The molecule has 0 aliphatic carbocycles. The molecule has 1 N–H and O–H groups in total. The number of nitrogens with zero attached hydrogens (tertiary/aromatic N) is 3. The highest BCUT2D eigenvalue weighted by atomic mass is 32.2. The average molecular weight is 667 g/mol. The number of amides is 1. The Labute approximate surface area is 287 Å². The summed E-state index contributed by atoms with van der Waals surface area (Å²) in [7, 11) is 0. The molecule has 6 rings (SSSR count). The molecule has 0 saturated carbocycles. The van der Waals surface area contributed by atoms with Crippen molar-refractivity contribution in [3.63, 3.8) is 0 Å². The molecule has 1 amide bonds. The minimum absolute atomic E-state index is 0.0990. The van der Waals surface area contributed by atoms with Crippen molar-refractivity contribution in [1.82, 2.24) is 9.55 Å². The number of carbonyl (C=O) groups is 1. The van der Waals surface area contributed by atoms with Crippen LogP contribution in [0.5, 0.6) is 5.75 Å². The Hall–Kier alpha value is -4.05. The van der Waals surface area contributed by atoms with Crippen molar-refractivity contribution in [1.29, 1.82) is 0 Å². The summed E-state index contributed by atoms with van der Waals surface area (Å²) in [5.74, 6) is 1.14. The number of carbonyl (C=O) groups excluding carboxylic acids is 1. The standard InChI is InChI=1S/C39H46N4O4S/c1-3-5-20-46-21-22-47-36-12-8-29(9-13-36)32-23-30-16-19-42-18-6-7-31(24-33(25-32)38(30)42)39(44)41-34-10-14-37(15-11-34)48(45)27-35-26-40-28-43(35)17-4-2/h8-15,23-26,28H,3-7,16-22,27H2,1-2H3,(H,41,44)/b31-24+. The van der Waals surface area contributed by atoms with E-state index in [0.717, 1.165) is 96.9 Å². The van der Waals surface area contributed by atoms with Gasteiger partial charge in [0.25, 0.3) is 5.91 Å². The zero-order chi connectivity index (χ0) is 33.3. The Morgan fingerprint density at radius 3 is 2.58 bits per heavy atom. The number of hydrogen-bond acceptors (Lipinski definition) is 6. The van der Waals surface area contributed by atoms with Crippen molar-refractivity contribution in [2.75, 3.05) is 43.1 Å². The third kappa shape index (κ3) is 8.32. The predicted octanol–water partition coefficient (Wildman–Crippen LogP) is 7.64. The van der Waals surface area contributed by atoms with E-state index in [-0.39, 0.29) is 5.91 Å². The van der Waals surface area contributed by atoms with Crippen molar-refractivity contribution >= 4 is 34.5 Å². The lowest BCUT2D eigenvalue weighted by Gasteiger charge is -2.25. The van der Waals surface area contributed by atoms with Crippen molar-refractivity contribution in [3.8, 4) is 16.9 Å². The maximum Gasteiger partial charge on any atom is 0.251 e. The van der Waals surface area contributed by atoms with Crippen LogP contribution in [0.15, 0.2) is 83.7 Å². The second-order valence-corrected chi connectivity index (χ2v) is 13.9. The largest absolute Gasteiger partial charge is 0.611 e. The fourth-order valence-electron chi connectivity index (χ4n) is 6.40. The van der Waals surface area contributed by atoms with Crippen molar-refractivity contribution < 1.29 is 18.8 Å². The normalized spacial score (nSPS) is 15.6. The Kier molecular flexibility index (Phi) is 11.5. The lowest BCUT2D eigenvalue weighted by molar-refractivity contribution is -0.112. The van der Waals surface area contributed by atoms with Gasteiger partial charge in [-0.05, 0) is 120 Å². The molecular formula is C39H46N4O4S. The minimum Gasteiger partial charge on any atom is -0.611 e. The van der Waals surface area contributed by atoms with E-state index in [1.165, 1.54) is 11.3 Å². The zero-order valence-electron chi connectivity index (χ0n) is 28.1. The Morgan fingerprint density at radius 2 is 1.79 bits per heavy atom. The van der Waals surface area contributed by atoms with E-state index in [0.29, 0.717) is 31.1 Å². The first-order valence-electron chi connectivity index (χ1n) is 17.2. The van der Waals surface area contributed by atoms with Crippen LogP contribution < -0.4 is 15.0 Å². The fourth-order valence-corrected chi connectivity index (χ4v) is 7.52. The summed E-state index contributed by atoms with van der Waals surface area (Å²) in [6, 6.07) is 20.1. The number of imidazole rings is 1. The molecule has 1 atom stereocenters. The summed E-state index contributed by atoms with van der Waals surface area (Å²) in [4.78, 5) is 21.0. The Bertz CT molecular complexity index is 1700. The predicted molar refractivity (Wildman–Crippen MR) is 194 cm³/mol. The van der Waals surface area contributed by atoms with Gasteiger partial charge in [-0.15, -0.1) is 0 Å². The van der Waals surface area contributed by atoms with Crippen LogP contribution in [0.3, 0.4) is 0 Å². The molecule has 9 heteroatoms. The van der Waals surface area contributed by atoms with Crippen LogP contribution in [-0.4, -0.2) is 52.9 Å². The smallest absolute Gasteiger partial charge is 0.251 e. The Morgan fingerprint density at radius 1 is 0.958 bits per heavy atom. The van der Waals surface area contributed by atoms with Crippen molar-refractivity contribution in [3.05, 3.63) is 95.6 Å². The quantitative estimate of drug-likeness (QED) is 0.104. The molecule has 1 aromatic heterocycles. The monoisotopic (exact) mass is 666 g/mol. The third-order valence-electron chi connectivity index (χ3n) is 8.92. The van der Waals surface area contributed by atoms with Gasteiger partial charge in [-0.25, -0.2) is 4.98 Å². The second-order valence-electron chi connectivity index (χ2n) is 12.5. The molecule has 252 valence electrons. The van der Waals surface area contributed by atoms with Crippen molar-refractivity contribution in [2.45, 2.75) is 69.6 Å². The number of aromatic nitrogens is 2. The first-order valence-corrected chi connectivity index (χ1v) is 18.6. The highest BCUT2D eigenvalue weighted by Crippen LogP contribution is 2.39. The second kappa shape index (κ2) is 16.4. The first kappa shape index (κ1) is 33.8. The molecule has 48 heavy (non-hydrogen) atoms. The fraction of sp³-hybridized carbons (Fsp3) is 0.385. The van der Waals surface area contributed by atoms with E-state index in [1.54, 1.807) is 12.5 Å². The summed E-state index contributed by atoms with van der Waals surface area (Å²) in [6.45, 7) is 8.96. The third-order valence-corrected chi connectivity index (χ3v) is 10.3. The molecule has 8 nitrogen and oxygen atoms in total. The molecule has 0 spiro atoms. The molecule has 0 saturated heterocycles. The van der Waals surface area contributed by atoms with Gasteiger partial charge < -0.3 is 28.8 Å². The summed E-state index contributed by atoms with van der Waals surface area (Å²) in [5.41, 5.74) is 8.33. The van der Waals surface area contributed by atoms with Gasteiger partial charge >= 0.3 is 0 Å². The minimum atomic E-state index is -1.21. The number of hydrogen-bond donors (Lipinski definition) is 1. The van der Waals surface area contributed by atoms with Crippen molar-refractivity contribution in [2.24, 2.45) is 0 Å². The van der Waals surface area contributed by atoms with Gasteiger partial charge in [0.1, 0.15) is 12.4 Å². The molecule has 3 heterocycles. The SMILES string of the molecule is CCCCOCCOc1ccc(-c2cc3c4c(c2)CCN4CCC/C(C(=O)Nc2ccc([S+]([O-])Cc4cncn4CCC)cc2)=C\3)cc1. The highest BCUT2D eigenvalue weighted by Gasteiger charge is 2.26. The van der Waals surface area contributed by atoms with E-state index < -0.39 is 11.2 Å². The van der Waals surface area contributed by atoms with Gasteiger partial charge in [-0.2, -0.15) is 0 Å². The number of rotatable bonds is 15. The maximum atomic E-state index is 13.6. The number of aryl methyl sites for hydroxylation is 1.